The average Bonchev–Trinajstić information content (AvgIpc) is 2.50. The van der Waals surface area contributed by atoms with Gasteiger partial charge in [-0.25, -0.2) is 0 Å². The molecule has 0 saturated heterocycles. The Morgan fingerprint density at radius 1 is 0.952 bits per heavy atom. The Hall–Kier alpha value is -0.740. The van der Waals surface area contributed by atoms with Gasteiger partial charge in [-0.15, -0.1) is 0 Å². The van der Waals surface area contributed by atoms with E-state index in [0.717, 1.165) is 13.0 Å². The Balaban J connectivity index is 3.77. The van der Waals surface area contributed by atoms with Crippen molar-refractivity contribution in [1.82, 2.24) is 5.32 Å². The summed E-state index contributed by atoms with van der Waals surface area (Å²) in [6.45, 7) is 12.0. The molecule has 0 bridgehead atoms. The van der Waals surface area contributed by atoms with Crippen molar-refractivity contribution in [2.45, 2.75) is 98.4 Å². The molecular weight excluding hydrogens is 254 g/mol. The first-order valence-corrected chi connectivity index (χ1v) is 9.00. The lowest BCUT2D eigenvalue weighted by molar-refractivity contribution is 0.559. The second-order valence-corrected chi connectivity index (χ2v) is 6.27. The van der Waals surface area contributed by atoms with Crippen molar-refractivity contribution in [3.8, 4) is 11.8 Å². The van der Waals surface area contributed by atoms with Crippen molar-refractivity contribution >= 4 is 0 Å². The Morgan fingerprint density at radius 3 is 2.19 bits per heavy atom. The molecule has 1 N–H and O–H groups in total. The maximum absolute atomic E-state index is 3.52. The number of hydrogen-bond acceptors (Lipinski definition) is 1. The molecular formula is C20H37N. The van der Waals surface area contributed by atoms with Crippen LogP contribution in [-0.2, 0) is 0 Å². The second-order valence-electron chi connectivity index (χ2n) is 6.27. The number of hydrogen-bond donors (Lipinski definition) is 1. The minimum absolute atomic E-state index is 0.591. The summed E-state index contributed by atoms with van der Waals surface area (Å²) in [4.78, 5) is 0. The number of allylic oxidation sites excluding steroid dienone is 1. The summed E-state index contributed by atoms with van der Waals surface area (Å²) in [6, 6.07) is 0.591. The summed E-state index contributed by atoms with van der Waals surface area (Å²) in [7, 11) is 0. The zero-order chi connectivity index (χ0) is 15.9. The lowest BCUT2D eigenvalue weighted by Crippen LogP contribution is -2.26. The molecule has 122 valence electrons. The molecule has 0 radical (unpaired) electrons. The van der Waals surface area contributed by atoms with Gasteiger partial charge in [0.05, 0.1) is 0 Å². The van der Waals surface area contributed by atoms with E-state index in [-0.39, 0.29) is 0 Å². The first kappa shape index (κ1) is 20.3. The monoisotopic (exact) mass is 291 g/mol. The minimum atomic E-state index is 0.591. The highest BCUT2D eigenvalue weighted by molar-refractivity contribution is 5.31. The Bertz CT molecular complexity index is 329. The van der Waals surface area contributed by atoms with E-state index in [4.69, 9.17) is 0 Å². The average molecular weight is 292 g/mol. The van der Waals surface area contributed by atoms with Crippen LogP contribution in [0.3, 0.4) is 0 Å². The fraction of sp³-hybridized carbons (Fsp3) is 0.800. The highest BCUT2D eigenvalue weighted by Crippen LogP contribution is 2.08. The largest absolute Gasteiger partial charge is 0.311 e. The first-order valence-electron chi connectivity index (χ1n) is 9.00. The third-order valence-corrected chi connectivity index (χ3v) is 4.15. The van der Waals surface area contributed by atoms with Crippen molar-refractivity contribution in [2.75, 3.05) is 6.54 Å². The standard InChI is InChI=1S/C20H37N/c1-6-8-9-10-11-12-13-14-15-16-18(3)19(4)17-21-20(5)7-2/h20-21H,6-14,17H2,1-5H3/b19-18-. The molecule has 0 aliphatic heterocycles. The van der Waals surface area contributed by atoms with Crippen LogP contribution in [0.1, 0.15) is 92.4 Å². The summed E-state index contributed by atoms with van der Waals surface area (Å²) in [5.41, 5.74) is 2.62. The molecule has 0 aliphatic carbocycles. The SMILES string of the molecule is CCCCCCCCCC#C/C(C)=C(/C)CNC(C)CC. The summed E-state index contributed by atoms with van der Waals surface area (Å²) < 4.78 is 0. The third-order valence-electron chi connectivity index (χ3n) is 4.15. The van der Waals surface area contributed by atoms with Crippen LogP contribution in [0.15, 0.2) is 11.1 Å². The molecule has 0 aliphatic rings. The van der Waals surface area contributed by atoms with Crippen LogP contribution in [0.25, 0.3) is 0 Å². The first-order chi connectivity index (χ1) is 10.1. The van der Waals surface area contributed by atoms with Gasteiger partial charge < -0.3 is 5.32 Å². The smallest absolute Gasteiger partial charge is 0.0176 e. The molecule has 0 amide bonds. The fourth-order valence-electron chi connectivity index (χ4n) is 2.08. The molecule has 0 rings (SSSR count). The quantitative estimate of drug-likeness (QED) is 0.371. The molecule has 0 saturated carbocycles. The van der Waals surface area contributed by atoms with E-state index >= 15 is 0 Å². The predicted octanol–water partition coefficient (Wildman–Crippen LogP) is 5.86. The van der Waals surface area contributed by atoms with Gasteiger partial charge in [0.25, 0.3) is 0 Å². The minimum Gasteiger partial charge on any atom is -0.311 e. The number of unbranched alkanes of at least 4 members (excludes halogenated alkanes) is 7. The molecule has 21 heavy (non-hydrogen) atoms. The van der Waals surface area contributed by atoms with E-state index in [1.165, 1.54) is 62.5 Å². The van der Waals surface area contributed by atoms with Crippen molar-refractivity contribution < 1.29 is 0 Å². The van der Waals surface area contributed by atoms with Crippen molar-refractivity contribution in [1.29, 1.82) is 0 Å². The molecule has 1 atom stereocenters. The molecule has 1 unspecified atom stereocenters. The molecule has 0 heterocycles. The molecule has 1 nitrogen and oxygen atoms in total. The van der Waals surface area contributed by atoms with Crippen LogP contribution in [0.5, 0.6) is 0 Å². The van der Waals surface area contributed by atoms with Gasteiger partial charge in [0.2, 0.25) is 0 Å². The second kappa shape index (κ2) is 14.2. The van der Waals surface area contributed by atoms with Crippen molar-refractivity contribution in [3.63, 3.8) is 0 Å². The summed E-state index contributed by atoms with van der Waals surface area (Å²) >= 11 is 0. The lowest BCUT2D eigenvalue weighted by Gasteiger charge is -2.11. The normalized spacial score (nSPS) is 13.4. The zero-order valence-corrected chi connectivity index (χ0v) is 15.1. The van der Waals surface area contributed by atoms with Crippen LogP contribution in [-0.4, -0.2) is 12.6 Å². The van der Waals surface area contributed by atoms with E-state index in [9.17, 15) is 0 Å². The van der Waals surface area contributed by atoms with Crippen LogP contribution in [0.2, 0.25) is 0 Å². The predicted molar refractivity (Wildman–Crippen MR) is 96.5 cm³/mol. The Morgan fingerprint density at radius 2 is 1.57 bits per heavy atom. The van der Waals surface area contributed by atoms with E-state index < -0.39 is 0 Å². The van der Waals surface area contributed by atoms with E-state index in [2.05, 4.69) is 51.8 Å². The lowest BCUT2D eigenvalue weighted by atomic mass is 10.1. The van der Waals surface area contributed by atoms with Gasteiger partial charge in [-0.1, -0.05) is 64.2 Å². The van der Waals surface area contributed by atoms with Crippen LogP contribution in [0.4, 0.5) is 0 Å². The molecule has 0 aromatic carbocycles. The van der Waals surface area contributed by atoms with Crippen LogP contribution >= 0.6 is 0 Å². The van der Waals surface area contributed by atoms with Crippen molar-refractivity contribution in [2.24, 2.45) is 0 Å². The maximum atomic E-state index is 3.52. The van der Waals surface area contributed by atoms with Gasteiger partial charge in [0, 0.05) is 19.0 Å². The van der Waals surface area contributed by atoms with Gasteiger partial charge in [0.1, 0.15) is 0 Å². The van der Waals surface area contributed by atoms with Gasteiger partial charge in [0.15, 0.2) is 0 Å². The summed E-state index contributed by atoms with van der Waals surface area (Å²) in [5, 5.41) is 3.52. The van der Waals surface area contributed by atoms with Gasteiger partial charge in [-0.2, -0.15) is 0 Å². The van der Waals surface area contributed by atoms with Crippen LogP contribution in [0, 0.1) is 11.8 Å². The fourth-order valence-corrected chi connectivity index (χ4v) is 2.08. The van der Waals surface area contributed by atoms with Gasteiger partial charge >= 0.3 is 0 Å². The maximum Gasteiger partial charge on any atom is 0.0176 e. The third kappa shape index (κ3) is 12.7. The molecule has 0 fully saturated rings. The Labute approximate surface area is 134 Å². The van der Waals surface area contributed by atoms with E-state index in [1.807, 2.05) is 0 Å². The van der Waals surface area contributed by atoms with Gasteiger partial charge in [-0.05, 0) is 44.8 Å². The van der Waals surface area contributed by atoms with Gasteiger partial charge in [-0.3, -0.25) is 0 Å². The van der Waals surface area contributed by atoms with Crippen LogP contribution < -0.4 is 5.32 Å². The highest BCUT2D eigenvalue weighted by atomic mass is 14.9. The zero-order valence-electron chi connectivity index (χ0n) is 15.1. The van der Waals surface area contributed by atoms with Crippen molar-refractivity contribution in [3.05, 3.63) is 11.1 Å². The highest BCUT2D eigenvalue weighted by Gasteiger charge is 1.98. The molecule has 0 aromatic rings. The number of nitrogens with one attached hydrogen (secondary N) is 1. The van der Waals surface area contributed by atoms with E-state index in [1.54, 1.807) is 0 Å². The van der Waals surface area contributed by atoms with E-state index in [0.29, 0.717) is 6.04 Å². The Kier molecular flexibility index (Phi) is 13.7. The number of rotatable bonds is 11. The molecule has 0 aromatic heterocycles. The topological polar surface area (TPSA) is 12.0 Å². The molecule has 0 spiro atoms. The summed E-state index contributed by atoms with van der Waals surface area (Å²) in [5.74, 6) is 6.66. The summed E-state index contributed by atoms with van der Waals surface area (Å²) in [6.07, 6.45) is 11.8. The molecule has 1 heteroatoms.